The summed E-state index contributed by atoms with van der Waals surface area (Å²) in [5.74, 6) is -2.29. The number of fused-ring (bicyclic) bond motifs is 1. The minimum absolute atomic E-state index is 0.179. The number of imidazole rings is 1. The van der Waals surface area contributed by atoms with Gasteiger partial charge >= 0.3 is 0 Å². The Morgan fingerprint density at radius 1 is 1.14 bits per heavy atom. The number of benzene rings is 2. The molecular weight excluding hydrogens is 372 g/mol. The second-order valence-corrected chi connectivity index (χ2v) is 8.14. The summed E-state index contributed by atoms with van der Waals surface area (Å²) in [7, 11) is 2.00. The molecule has 1 fully saturated rings. The van der Waals surface area contributed by atoms with Gasteiger partial charge < -0.3 is 9.88 Å². The Hall–Kier alpha value is -2.76. The number of anilines is 1. The van der Waals surface area contributed by atoms with Crippen LogP contribution in [0.5, 0.6) is 0 Å². The molecule has 1 N–H and O–H groups in total. The highest BCUT2D eigenvalue weighted by Gasteiger charge is 2.37. The minimum Gasteiger partial charge on any atom is -0.327 e. The van der Waals surface area contributed by atoms with Crippen molar-refractivity contribution >= 4 is 22.6 Å². The molecular formula is C23H25F2N3O. The van der Waals surface area contributed by atoms with Gasteiger partial charge in [0, 0.05) is 37.1 Å². The van der Waals surface area contributed by atoms with Gasteiger partial charge in [-0.05, 0) is 68.1 Å². The van der Waals surface area contributed by atoms with Crippen LogP contribution in [0.3, 0.4) is 0 Å². The van der Waals surface area contributed by atoms with E-state index in [0.717, 1.165) is 28.0 Å². The first-order valence-electron chi connectivity index (χ1n) is 9.96. The molecule has 0 bridgehead atoms. The largest absolute Gasteiger partial charge is 0.327 e. The summed E-state index contributed by atoms with van der Waals surface area (Å²) < 4.78 is 28.7. The van der Waals surface area contributed by atoms with Crippen LogP contribution in [0.15, 0.2) is 36.4 Å². The van der Waals surface area contributed by atoms with Gasteiger partial charge in [-0.3, -0.25) is 4.79 Å². The number of hydrogen-bond acceptors (Lipinski definition) is 2. The quantitative estimate of drug-likeness (QED) is 0.623. The van der Waals surface area contributed by atoms with Crippen LogP contribution in [0.1, 0.15) is 36.8 Å². The molecule has 0 radical (unpaired) electrons. The molecule has 1 aromatic heterocycles. The van der Waals surface area contributed by atoms with Crippen LogP contribution in [0.25, 0.3) is 22.4 Å². The fourth-order valence-corrected chi connectivity index (χ4v) is 4.14. The van der Waals surface area contributed by atoms with Crippen molar-refractivity contribution in [1.82, 2.24) is 9.55 Å². The summed E-state index contributed by atoms with van der Waals surface area (Å²) in [4.78, 5) is 17.2. The van der Waals surface area contributed by atoms with Crippen LogP contribution >= 0.6 is 0 Å². The Morgan fingerprint density at radius 2 is 1.79 bits per heavy atom. The van der Waals surface area contributed by atoms with Gasteiger partial charge in [-0.15, -0.1) is 0 Å². The standard InChI is InChI=1S/C23H25F2N3O/c1-14-12-15(2)20-19(13-14)28(3)21(27-20)16-4-6-18(7-5-16)26-22(29)17-8-10-23(24,25)11-9-17/h4-7,12-13,17H,8-11H2,1-3H3,(H,26,29). The van der Waals surface area contributed by atoms with Crippen molar-refractivity contribution in [2.45, 2.75) is 45.5 Å². The van der Waals surface area contributed by atoms with Crippen molar-refractivity contribution in [3.8, 4) is 11.4 Å². The van der Waals surface area contributed by atoms with Crippen LogP contribution in [0.4, 0.5) is 14.5 Å². The molecule has 4 rings (SSSR count). The third-order valence-corrected chi connectivity index (χ3v) is 5.82. The predicted octanol–water partition coefficient (Wildman–Crippen LogP) is 5.62. The molecule has 0 saturated heterocycles. The van der Waals surface area contributed by atoms with Gasteiger partial charge in [-0.2, -0.15) is 0 Å². The second-order valence-electron chi connectivity index (χ2n) is 8.14. The maximum atomic E-state index is 13.3. The van der Waals surface area contributed by atoms with Gasteiger partial charge in [0.25, 0.3) is 0 Å². The maximum Gasteiger partial charge on any atom is 0.248 e. The van der Waals surface area contributed by atoms with E-state index in [1.807, 2.05) is 31.3 Å². The third-order valence-electron chi connectivity index (χ3n) is 5.82. The Morgan fingerprint density at radius 3 is 2.45 bits per heavy atom. The van der Waals surface area contributed by atoms with Gasteiger partial charge in [0.1, 0.15) is 5.82 Å². The second kappa shape index (κ2) is 7.25. The molecule has 29 heavy (non-hydrogen) atoms. The molecule has 1 amide bonds. The average molecular weight is 397 g/mol. The van der Waals surface area contributed by atoms with E-state index in [9.17, 15) is 13.6 Å². The molecule has 4 nitrogen and oxygen atoms in total. The van der Waals surface area contributed by atoms with Crippen LogP contribution in [0, 0.1) is 19.8 Å². The topological polar surface area (TPSA) is 46.9 Å². The lowest BCUT2D eigenvalue weighted by Gasteiger charge is -2.27. The Balaban J connectivity index is 1.51. The first kappa shape index (κ1) is 19.6. The van der Waals surface area contributed by atoms with Crippen LogP contribution in [-0.2, 0) is 11.8 Å². The lowest BCUT2D eigenvalue weighted by molar-refractivity contribution is -0.124. The van der Waals surface area contributed by atoms with Crippen LogP contribution in [-0.4, -0.2) is 21.4 Å². The summed E-state index contributed by atoms with van der Waals surface area (Å²) >= 11 is 0. The molecule has 0 unspecified atom stereocenters. The SMILES string of the molecule is Cc1cc(C)c2nc(-c3ccc(NC(=O)C4CCC(F)(F)CC4)cc3)n(C)c2c1. The number of nitrogens with one attached hydrogen (secondary N) is 1. The molecule has 6 heteroatoms. The highest BCUT2D eigenvalue weighted by molar-refractivity contribution is 5.93. The number of nitrogens with zero attached hydrogens (tertiary/aromatic N) is 2. The normalized spacial score (nSPS) is 16.9. The number of halogens is 2. The number of carbonyl (C=O) groups is 1. The molecule has 1 saturated carbocycles. The van der Waals surface area contributed by atoms with Gasteiger partial charge in [-0.1, -0.05) is 6.07 Å². The number of aromatic nitrogens is 2. The van der Waals surface area contributed by atoms with E-state index in [-0.39, 0.29) is 37.5 Å². The molecule has 2 aromatic carbocycles. The fourth-order valence-electron chi connectivity index (χ4n) is 4.14. The van der Waals surface area contributed by atoms with E-state index in [2.05, 4.69) is 35.9 Å². The van der Waals surface area contributed by atoms with Crippen molar-refractivity contribution in [2.75, 3.05) is 5.32 Å². The summed E-state index contributed by atoms with van der Waals surface area (Å²) in [6, 6.07) is 11.8. The molecule has 0 aliphatic heterocycles. The molecule has 152 valence electrons. The maximum absolute atomic E-state index is 13.3. The van der Waals surface area contributed by atoms with Gasteiger partial charge in [0.15, 0.2) is 0 Å². The van der Waals surface area contributed by atoms with Crippen molar-refractivity contribution in [3.63, 3.8) is 0 Å². The first-order valence-corrected chi connectivity index (χ1v) is 9.96. The van der Waals surface area contributed by atoms with Gasteiger partial charge in [-0.25, -0.2) is 13.8 Å². The summed E-state index contributed by atoms with van der Waals surface area (Å²) in [6.07, 6.45) is 0.0381. The van der Waals surface area contributed by atoms with Crippen LogP contribution < -0.4 is 5.32 Å². The molecule has 1 aliphatic carbocycles. The summed E-state index contributed by atoms with van der Waals surface area (Å²) in [5.41, 5.74) is 6.04. The number of amides is 1. The van der Waals surface area contributed by atoms with Crippen molar-refractivity contribution < 1.29 is 13.6 Å². The lowest BCUT2D eigenvalue weighted by atomic mass is 9.86. The number of aryl methyl sites for hydroxylation is 3. The number of carbonyl (C=O) groups excluding carboxylic acids is 1. The highest BCUT2D eigenvalue weighted by Crippen LogP contribution is 2.36. The van der Waals surface area contributed by atoms with Crippen molar-refractivity contribution in [2.24, 2.45) is 13.0 Å². The molecule has 3 aromatic rings. The molecule has 0 spiro atoms. The van der Waals surface area contributed by atoms with E-state index in [0.29, 0.717) is 5.69 Å². The highest BCUT2D eigenvalue weighted by atomic mass is 19.3. The minimum atomic E-state index is -2.62. The monoisotopic (exact) mass is 397 g/mol. The zero-order valence-electron chi connectivity index (χ0n) is 16.9. The predicted molar refractivity (Wildman–Crippen MR) is 111 cm³/mol. The molecule has 1 heterocycles. The number of alkyl halides is 2. The summed E-state index contributed by atoms with van der Waals surface area (Å²) in [6.45, 7) is 4.13. The zero-order valence-corrected chi connectivity index (χ0v) is 16.9. The van der Waals surface area contributed by atoms with E-state index < -0.39 is 5.92 Å². The fraction of sp³-hybridized carbons (Fsp3) is 0.391. The van der Waals surface area contributed by atoms with Gasteiger partial charge in [0.2, 0.25) is 11.8 Å². The van der Waals surface area contributed by atoms with Crippen molar-refractivity contribution in [1.29, 1.82) is 0 Å². The van der Waals surface area contributed by atoms with E-state index >= 15 is 0 Å². The van der Waals surface area contributed by atoms with Gasteiger partial charge in [0.05, 0.1) is 11.0 Å². The average Bonchev–Trinajstić information content (AvgIpc) is 2.99. The molecule has 1 aliphatic rings. The summed E-state index contributed by atoms with van der Waals surface area (Å²) in [5, 5.41) is 2.86. The third kappa shape index (κ3) is 3.88. The van der Waals surface area contributed by atoms with Crippen LogP contribution in [0.2, 0.25) is 0 Å². The lowest BCUT2D eigenvalue weighted by Crippen LogP contribution is -2.31. The Kier molecular flexibility index (Phi) is 4.89. The van der Waals surface area contributed by atoms with E-state index in [1.54, 1.807) is 0 Å². The molecule has 0 atom stereocenters. The first-order chi connectivity index (χ1) is 13.7. The smallest absolute Gasteiger partial charge is 0.248 e. The Bertz CT molecular complexity index is 1060. The zero-order chi connectivity index (χ0) is 20.8. The van der Waals surface area contributed by atoms with E-state index in [1.165, 1.54) is 5.56 Å². The number of hydrogen-bond donors (Lipinski definition) is 1. The number of rotatable bonds is 3. The van der Waals surface area contributed by atoms with E-state index in [4.69, 9.17) is 4.98 Å². The Labute approximate surface area is 168 Å². The van der Waals surface area contributed by atoms with Crippen molar-refractivity contribution in [3.05, 3.63) is 47.5 Å².